The fourth-order valence-corrected chi connectivity index (χ4v) is 1.87. The monoisotopic (exact) mass is 174 g/mol. The molecule has 0 nitrogen and oxygen atoms in total. The fourth-order valence-electron chi connectivity index (χ4n) is 1.87. The molecule has 0 unspecified atom stereocenters. The molecule has 0 spiro atoms. The van der Waals surface area contributed by atoms with E-state index in [1.54, 1.807) is 11.1 Å². The molecule has 0 radical (unpaired) electrons. The van der Waals surface area contributed by atoms with E-state index in [1.807, 2.05) is 0 Å². The molecular formula is C12H19B. The third-order valence-corrected chi connectivity index (χ3v) is 2.53. The van der Waals surface area contributed by atoms with E-state index in [0.717, 1.165) is 0 Å². The van der Waals surface area contributed by atoms with Gasteiger partial charge in [0.1, 0.15) is 7.85 Å². The minimum atomic E-state index is 1.23. The molecule has 0 aliphatic heterocycles. The summed E-state index contributed by atoms with van der Waals surface area (Å²) in [6.45, 7) is 4.50. The highest BCUT2D eigenvalue weighted by atomic mass is 14.1. The summed E-state index contributed by atoms with van der Waals surface area (Å²) in [5.41, 5.74) is 4.61. The van der Waals surface area contributed by atoms with Gasteiger partial charge in [-0.3, -0.25) is 0 Å². The van der Waals surface area contributed by atoms with Crippen molar-refractivity contribution in [3.63, 3.8) is 0 Å². The van der Waals surface area contributed by atoms with Gasteiger partial charge in [-0.05, 0) is 18.4 Å². The van der Waals surface area contributed by atoms with Gasteiger partial charge in [0.15, 0.2) is 0 Å². The van der Waals surface area contributed by atoms with Crippen LogP contribution in [0.3, 0.4) is 0 Å². The van der Waals surface area contributed by atoms with Crippen LogP contribution in [0, 0.1) is 0 Å². The van der Waals surface area contributed by atoms with Crippen molar-refractivity contribution in [1.82, 2.24) is 0 Å². The van der Waals surface area contributed by atoms with Crippen molar-refractivity contribution in [3.05, 3.63) is 29.3 Å². The van der Waals surface area contributed by atoms with Gasteiger partial charge in [0, 0.05) is 0 Å². The molecule has 0 amide bonds. The lowest BCUT2D eigenvalue weighted by atomic mass is 9.84. The third-order valence-electron chi connectivity index (χ3n) is 2.53. The Bertz CT molecular complexity index is 266. The molecular weight excluding hydrogens is 155 g/mol. The standard InChI is InChI=1S/C12H19B/c1-3-6-10-8-5-9-12(13)11(10)7-4-2/h5,8-9H,3-4,6-7,13H2,1-2H3. The van der Waals surface area contributed by atoms with Crippen LogP contribution in [-0.4, -0.2) is 7.85 Å². The zero-order valence-corrected chi connectivity index (χ0v) is 9.06. The van der Waals surface area contributed by atoms with E-state index >= 15 is 0 Å². The van der Waals surface area contributed by atoms with Crippen LogP contribution in [0.15, 0.2) is 18.2 Å². The van der Waals surface area contributed by atoms with Gasteiger partial charge in [0.25, 0.3) is 0 Å². The van der Waals surface area contributed by atoms with Crippen molar-refractivity contribution in [1.29, 1.82) is 0 Å². The molecule has 0 fully saturated rings. The Morgan fingerprint density at radius 3 is 2.38 bits per heavy atom. The summed E-state index contributed by atoms with van der Waals surface area (Å²) in [5, 5.41) is 0. The first-order valence-electron chi connectivity index (χ1n) is 5.37. The number of hydrogen-bond donors (Lipinski definition) is 0. The fraction of sp³-hybridized carbons (Fsp3) is 0.500. The largest absolute Gasteiger partial charge is 0.139 e. The van der Waals surface area contributed by atoms with Crippen LogP contribution in [0.5, 0.6) is 0 Å². The zero-order valence-electron chi connectivity index (χ0n) is 9.06. The van der Waals surface area contributed by atoms with Gasteiger partial charge in [-0.1, -0.05) is 55.9 Å². The summed E-state index contributed by atoms with van der Waals surface area (Å²) in [6, 6.07) is 6.69. The quantitative estimate of drug-likeness (QED) is 0.611. The number of benzene rings is 1. The SMILES string of the molecule is Bc1cccc(CCC)c1CCC. The van der Waals surface area contributed by atoms with E-state index in [4.69, 9.17) is 0 Å². The van der Waals surface area contributed by atoms with E-state index < -0.39 is 0 Å². The van der Waals surface area contributed by atoms with Crippen molar-refractivity contribution in [2.45, 2.75) is 39.5 Å². The Kier molecular flexibility index (Phi) is 4.07. The molecule has 0 aromatic heterocycles. The molecule has 1 aromatic rings. The van der Waals surface area contributed by atoms with Crippen LogP contribution < -0.4 is 5.46 Å². The molecule has 0 aliphatic carbocycles. The highest BCUT2D eigenvalue weighted by Crippen LogP contribution is 2.10. The normalized spacial score (nSPS) is 10.3. The van der Waals surface area contributed by atoms with Crippen LogP contribution in [0.2, 0.25) is 0 Å². The Hall–Kier alpha value is -0.715. The molecule has 1 heteroatoms. The molecule has 1 aromatic carbocycles. The number of rotatable bonds is 4. The second kappa shape index (κ2) is 5.11. The summed E-state index contributed by atoms with van der Waals surface area (Å²) in [7, 11) is 2.23. The lowest BCUT2D eigenvalue weighted by Gasteiger charge is -2.10. The maximum absolute atomic E-state index is 2.28. The molecule has 0 bridgehead atoms. The van der Waals surface area contributed by atoms with Crippen molar-refractivity contribution in [3.8, 4) is 0 Å². The van der Waals surface area contributed by atoms with Crippen molar-refractivity contribution in [2.75, 3.05) is 0 Å². The molecule has 0 saturated heterocycles. The molecule has 0 N–H and O–H groups in total. The Morgan fingerprint density at radius 1 is 1.08 bits per heavy atom. The minimum Gasteiger partial charge on any atom is -0.0856 e. The van der Waals surface area contributed by atoms with Crippen LogP contribution in [0.25, 0.3) is 0 Å². The van der Waals surface area contributed by atoms with Crippen molar-refractivity contribution < 1.29 is 0 Å². The smallest absolute Gasteiger partial charge is 0.0856 e. The minimum absolute atomic E-state index is 1.23. The van der Waals surface area contributed by atoms with Crippen molar-refractivity contribution >= 4 is 13.3 Å². The Morgan fingerprint density at radius 2 is 1.77 bits per heavy atom. The zero-order chi connectivity index (χ0) is 9.68. The third kappa shape index (κ3) is 2.62. The summed E-state index contributed by atoms with van der Waals surface area (Å²) < 4.78 is 0. The van der Waals surface area contributed by atoms with E-state index in [0.29, 0.717) is 0 Å². The first-order valence-corrected chi connectivity index (χ1v) is 5.37. The van der Waals surface area contributed by atoms with Crippen molar-refractivity contribution in [2.24, 2.45) is 0 Å². The average molecular weight is 174 g/mol. The first-order chi connectivity index (χ1) is 6.29. The maximum Gasteiger partial charge on any atom is 0.139 e. The predicted octanol–water partition coefficient (Wildman–Crippen LogP) is 1.85. The average Bonchev–Trinajstić information content (AvgIpc) is 2.11. The van der Waals surface area contributed by atoms with E-state index in [1.165, 1.54) is 31.1 Å². The van der Waals surface area contributed by atoms with Crippen LogP contribution in [0.1, 0.15) is 37.8 Å². The van der Waals surface area contributed by atoms with Crippen LogP contribution in [0.4, 0.5) is 0 Å². The Balaban J connectivity index is 2.95. The van der Waals surface area contributed by atoms with Gasteiger partial charge in [-0.15, -0.1) is 0 Å². The van der Waals surface area contributed by atoms with Gasteiger partial charge < -0.3 is 0 Å². The summed E-state index contributed by atoms with van der Waals surface area (Å²) in [6.07, 6.45) is 4.97. The van der Waals surface area contributed by atoms with Gasteiger partial charge in [0.05, 0.1) is 0 Å². The van der Waals surface area contributed by atoms with E-state index in [-0.39, 0.29) is 0 Å². The highest BCUT2D eigenvalue weighted by molar-refractivity contribution is 6.33. The molecule has 0 heterocycles. The summed E-state index contributed by atoms with van der Waals surface area (Å²) in [4.78, 5) is 0. The number of hydrogen-bond acceptors (Lipinski definition) is 0. The van der Waals surface area contributed by atoms with Gasteiger partial charge in [0.2, 0.25) is 0 Å². The maximum atomic E-state index is 2.28. The van der Waals surface area contributed by atoms with Crippen LogP contribution >= 0.6 is 0 Å². The number of aryl methyl sites for hydroxylation is 1. The predicted molar refractivity (Wildman–Crippen MR) is 62.6 cm³/mol. The second-order valence-electron chi connectivity index (χ2n) is 3.71. The Labute approximate surface area is 82.8 Å². The first kappa shape index (κ1) is 10.4. The van der Waals surface area contributed by atoms with Crippen LogP contribution in [-0.2, 0) is 12.8 Å². The van der Waals surface area contributed by atoms with E-state index in [9.17, 15) is 0 Å². The lowest BCUT2D eigenvalue weighted by molar-refractivity contribution is 0.866. The molecule has 70 valence electrons. The second-order valence-corrected chi connectivity index (χ2v) is 3.71. The molecule has 0 atom stereocenters. The van der Waals surface area contributed by atoms with Gasteiger partial charge >= 0.3 is 0 Å². The molecule has 1 rings (SSSR count). The highest BCUT2D eigenvalue weighted by Gasteiger charge is 2.02. The topological polar surface area (TPSA) is 0 Å². The lowest BCUT2D eigenvalue weighted by Crippen LogP contribution is -2.13. The molecule has 0 saturated carbocycles. The molecule has 0 aliphatic rings. The summed E-state index contributed by atoms with van der Waals surface area (Å²) in [5.74, 6) is 0. The summed E-state index contributed by atoms with van der Waals surface area (Å²) >= 11 is 0. The van der Waals surface area contributed by atoms with Gasteiger partial charge in [-0.2, -0.15) is 0 Å². The molecule has 13 heavy (non-hydrogen) atoms. The van der Waals surface area contributed by atoms with E-state index in [2.05, 4.69) is 39.9 Å². The van der Waals surface area contributed by atoms with Gasteiger partial charge in [-0.25, -0.2) is 0 Å².